The highest BCUT2D eigenvalue weighted by Crippen LogP contribution is 2.14. The van der Waals surface area contributed by atoms with Crippen molar-refractivity contribution in [1.82, 2.24) is 15.2 Å². The number of anilines is 1. The Balaban J connectivity index is 1.79. The number of halogens is 1. The molecule has 2 rings (SSSR count). The lowest BCUT2D eigenvalue weighted by Crippen LogP contribution is -2.44. The summed E-state index contributed by atoms with van der Waals surface area (Å²) in [6.45, 7) is 5.57. The Labute approximate surface area is 117 Å². The number of nitrogens with one attached hydrogen (secondary N) is 2. The molecule has 0 aromatic carbocycles. The highest BCUT2D eigenvalue weighted by molar-refractivity contribution is 5.88. The molecule has 0 spiro atoms. The Morgan fingerprint density at radius 1 is 1.50 bits per heavy atom. The number of aromatic carboxylic acids is 1. The molecule has 7 heteroatoms. The van der Waals surface area contributed by atoms with E-state index in [0.717, 1.165) is 45.2 Å². The second-order valence-corrected chi connectivity index (χ2v) is 4.70. The molecule has 2 heterocycles. The highest BCUT2D eigenvalue weighted by Gasteiger charge is 2.14. The lowest BCUT2D eigenvalue weighted by atomic mass is 10.2. The summed E-state index contributed by atoms with van der Waals surface area (Å²) >= 11 is 0. The first-order valence-electron chi connectivity index (χ1n) is 6.73. The molecule has 110 valence electrons. The van der Waals surface area contributed by atoms with Gasteiger partial charge in [-0.05, 0) is 19.0 Å². The van der Waals surface area contributed by atoms with Gasteiger partial charge in [0.1, 0.15) is 5.56 Å². The fraction of sp³-hybridized carbons (Fsp3) is 0.538. The van der Waals surface area contributed by atoms with Crippen molar-refractivity contribution in [2.24, 2.45) is 0 Å². The largest absolute Gasteiger partial charge is 0.478 e. The summed E-state index contributed by atoms with van der Waals surface area (Å²) in [5.74, 6) is -2.08. The minimum atomic E-state index is -1.28. The van der Waals surface area contributed by atoms with Gasteiger partial charge in [-0.1, -0.05) is 0 Å². The molecule has 0 unspecified atom stereocenters. The highest BCUT2D eigenvalue weighted by atomic mass is 19.1. The summed E-state index contributed by atoms with van der Waals surface area (Å²) in [6.07, 6.45) is 2.16. The average Bonchev–Trinajstić information content (AvgIpc) is 2.46. The fourth-order valence-corrected chi connectivity index (χ4v) is 2.18. The van der Waals surface area contributed by atoms with Gasteiger partial charge in [-0.2, -0.15) is 0 Å². The number of rotatable bonds is 6. The number of carboxylic acids is 1. The topological polar surface area (TPSA) is 77.5 Å². The number of nitrogens with zero attached hydrogens (tertiary/aromatic N) is 2. The van der Waals surface area contributed by atoms with Crippen LogP contribution in [0.2, 0.25) is 0 Å². The van der Waals surface area contributed by atoms with Crippen molar-refractivity contribution in [3.05, 3.63) is 23.6 Å². The summed E-state index contributed by atoms with van der Waals surface area (Å²) in [5, 5.41) is 15.0. The summed E-state index contributed by atoms with van der Waals surface area (Å²) in [5.41, 5.74) is -0.357. The zero-order valence-electron chi connectivity index (χ0n) is 11.2. The predicted octanol–water partition coefficient (Wildman–Crippen LogP) is 0.626. The van der Waals surface area contributed by atoms with Crippen LogP contribution in [0.4, 0.5) is 10.2 Å². The normalized spacial score (nSPS) is 16.1. The van der Waals surface area contributed by atoms with Gasteiger partial charge < -0.3 is 20.6 Å². The zero-order valence-corrected chi connectivity index (χ0v) is 11.2. The Morgan fingerprint density at radius 2 is 2.25 bits per heavy atom. The number of carbonyl (C=O) groups is 1. The van der Waals surface area contributed by atoms with Crippen LogP contribution >= 0.6 is 0 Å². The van der Waals surface area contributed by atoms with E-state index in [1.807, 2.05) is 0 Å². The third-order valence-corrected chi connectivity index (χ3v) is 3.27. The zero-order chi connectivity index (χ0) is 14.4. The molecule has 6 nitrogen and oxygen atoms in total. The molecule has 0 bridgehead atoms. The number of hydrogen-bond acceptors (Lipinski definition) is 5. The van der Waals surface area contributed by atoms with Crippen LogP contribution in [0, 0.1) is 5.82 Å². The Hall–Kier alpha value is -1.73. The van der Waals surface area contributed by atoms with Crippen LogP contribution in [0.15, 0.2) is 12.3 Å². The summed E-state index contributed by atoms with van der Waals surface area (Å²) in [7, 11) is 0. The van der Waals surface area contributed by atoms with Crippen molar-refractivity contribution >= 4 is 11.8 Å². The van der Waals surface area contributed by atoms with E-state index in [2.05, 4.69) is 20.5 Å². The molecule has 0 saturated carbocycles. The van der Waals surface area contributed by atoms with Crippen LogP contribution in [0.3, 0.4) is 0 Å². The fourth-order valence-electron chi connectivity index (χ4n) is 2.18. The maximum Gasteiger partial charge on any atom is 0.338 e. The van der Waals surface area contributed by atoms with E-state index < -0.39 is 11.8 Å². The van der Waals surface area contributed by atoms with Gasteiger partial charge in [-0.25, -0.2) is 14.2 Å². The van der Waals surface area contributed by atoms with Gasteiger partial charge in [0.05, 0.1) is 0 Å². The van der Waals surface area contributed by atoms with E-state index >= 15 is 0 Å². The third-order valence-electron chi connectivity index (χ3n) is 3.27. The average molecular weight is 282 g/mol. The van der Waals surface area contributed by atoms with Gasteiger partial charge in [0.25, 0.3) is 0 Å². The van der Waals surface area contributed by atoms with Crippen molar-refractivity contribution in [2.45, 2.75) is 6.42 Å². The van der Waals surface area contributed by atoms with Crippen LogP contribution < -0.4 is 10.6 Å². The van der Waals surface area contributed by atoms with E-state index in [-0.39, 0.29) is 11.4 Å². The molecule has 0 atom stereocenters. The van der Waals surface area contributed by atoms with E-state index in [0.29, 0.717) is 6.54 Å². The van der Waals surface area contributed by atoms with Gasteiger partial charge in [-0.15, -0.1) is 0 Å². The molecule has 0 radical (unpaired) electrons. The first-order valence-corrected chi connectivity index (χ1v) is 6.73. The quantitative estimate of drug-likeness (QED) is 0.664. The van der Waals surface area contributed by atoms with Crippen molar-refractivity contribution < 1.29 is 14.3 Å². The lowest BCUT2D eigenvalue weighted by Gasteiger charge is -2.27. The second-order valence-electron chi connectivity index (χ2n) is 4.70. The Morgan fingerprint density at radius 3 is 2.95 bits per heavy atom. The van der Waals surface area contributed by atoms with Gasteiger partial charge in [0, 0.05) is 38.9 Å². The number of hydrogen-bond donors (Lipinski definition) is 3. The van der Waals surface area contributed by atoms with Gasteiger partial charge >= 0.3 is 5.97 Å². The third kappa shape index (κ3) is 3.88. The van der Waals surface area contributed by atoms with Crippen molar-refractivity contribution in [3.8, 4) is 0 Å². The molecule has 1 aliphatic heterocycles. The monoisotopic (exact) mass is 282 g/mol. The molecule has 1 aliphatic rings. The van der Waals surface area contributed by atoms with Gasteiger partial charge in [0.15, 0.2) is 11.6 Å². The summed E-state index contributed by atoms with van der Waals surface area (Å²) in [6, 6.07) is 1.16. The van der Waals surface area contributed by atoms with Crippen LogP contribution in [0.25, 0.3) is 0 Å². The Kier molecular flexibility index (Phi) is 5.25. The number of carboxylic acid groups (broad SMARTS) is 1. The first-order chi connectivity index (χ1) is 9.68. The molecule has 0 aliphatic carbocycles. The maximum atomic E-state index is 13.8. The summed E-state index contributed by atoms with van der Waals surface area (Å²) < 4.78 is 13.8. The maximum absolute atomic E-state index is 13.8. The molecule has 3 N–H and O–H groups in total. The standard InChI is InChI=1S/C13H19FN4O2/c14-11-10(13(19)20)2-4-17-12(11)16-3-1-7-18-8-5-15-6-9-18/h2,4,15H,1,3,5-9H2,(H,16,17)(H,19,20). The van der Waals surface area contributed by atoms with E-state index in [9.17, 15) is 9.18 Å². The van der Waals surface area contributed by atoms with Gasteiger partial charge in [-0.3, -0.25) is 0 Å². The van der Waals surface area contributed by atoms with Crippen LogP contribution in [-0.2, 0) is 0 Å². The minimum absolute atomic E-state index is 0.00482. The van der Waals surface area contributed by atoms with E-state index in [1.165, 1.54) is 6.20 Å². The van der Waals surface area contributed by atoms with E-state index in [1.54, 1.807) is 0 Å². The van der Waals surface area contributed by atoms with E-state index in [4.69, 9.17) is 5.11 Å². The lowest BCUT2D eigenvalue weighted by molar-refractivity contribution is 0.0692. The van der Waals surface area contributed by atoms with Gasteiger partial charge in [0.2, 0.25) is 0 Å². The Bertz CT molecular complexity index is 464. The molecule has 1 fully saturated rings. The van der Waals surface area contributed by atoms with Crippen molar-refractivity contribution in [3.63, 3.8) is 0 Å². The number of aromatic nitrogens is 1. The molecule has 1 aromatic heterocycles. The molecule has 1 saturated heterocycles. The SMILES string of the molecule is O=C(O)c1ccnc(NCCCN2CCNCC2)c1F. The summed E-state index contributed by atoms with van der Waals surface area (Å²) in [4.78, 5) is 17.0. The van der Waals surface area contributed by atoms with Crippen LogP contribution in [0.1, 0.15) is 16.8 Å². The van der Waals surface area contributed by atoms with Crippen molar-refractivity contribution in [1.29, 1.82) is 0 Å². The molecule has 1 aromatic rings. The number of pyridine rings is 1. The predicted molar refractivity (Wildman–Crippen MR) is 73.6 cm³/mol. The smallest absolute Gasteiger partial charge is 0.338 e. The van der Waals surface area contributed by atoms with Crippen LogP contribution in [-0.4, -0.2) is 60.2 Å². The molecular weight excluding hydrogens is 263 g/mol. The number of piperazine rings is 1. The molecule has 0 amide bonds. The molecule has 20 heavy (non-hydrogen) atoms. The second kappa shape index (κ2) is 7.16. The minimum Gasteiger partial charge on any atom is -0.478 e. The van der Waals surface area contributed by atoms with Crippen LogP contribution in [0.5, 0.6) is 0 Å². The first kappa shape index (κ1) is 14.7. The molecular formula is C13H19FN4O2. The van der Waals surface area contributed by atoms with Crippen molar-refractivity contribution in [2.75, 3.05) is 44.6 Å².